The van der Waals surface area contributed by atoms with Crippen molar-refractivity contribution < 1.29 is 25.6 Å². The SMILES string of the molecule is Cc1nc(=O)n(CCC(=O)O)c2cc(O)c(O)cc12.O. The van der Waals surface area contributed by atoms with E-state index in [0.717, 1.165) is 4.57 Å². The molecule has 1 aromatic carbocycles. The quantitative estimate of drug-likeness (QED) is 0.663. The van der Waals surface area contributed by atoms with Gasteiger partial charge in [-0.2, -0.15) is 4.98 Å². The van der Waals surface area contributed by atoms with E-state index in [2.05, 4.69) is 4.98 Å². The molecule has 8 nitrogen and oxygen atoms in total. The molecule has 1 aromatic heterocycles. The molecule has 0 aliphatic rings. The van der Waals surface area contributed by atoms with Gasteiger partial charge in [-0.25, -0.2) is 4.79 Å². The Morgan fingerprint density at radius 3 is 2.50 bits per heavy atom. The molecular formula is C12H14N2O6. The number of aromatic hydroxyl groups is 2. The topological polar surface area (TPSA) is 144 Å². The number of rotatable bonds is 3. The number of carboxylic acids is 1. The van der Waals surface area contributed by atoms with Crippen LogP contribution < -0.4 is 5.69 Å². The average Bonchev–Trinajstić information content (AvgIpc) is 2.31. The van der Waals surface area contributed by atoms with Crippen molar-refractivity contribution in [2.24, 2.45) is 0 Å². The van der Waals surface area contributed by atoms with Crippen LogP contribution in [0.4, 0.5) is 0 Å². The van der Waals surface area contributed by atoms with Crippen LogP contribution >= 0.6 is 0 Å². The summed E-state index contributed by atoms with van der Waals surface area (Å²) < 4.78 is 1.16. The molecule has 2 rings (SSSR count). The Bertz CT molecular complexity index is 722. The van der Waals surface area contributed by atoms with Gasteiger partial charge in [0.25, 0.3) is 0 Å². The van der Waals surface area contributed by atoms with Crippen LogP contribution in [0, 0.1) is 6.92 Å². The van der Waals surface area contributed by atoms with E-state index >= 15 is 0 Å². The molecule has 0 atom stereocenters. The van der Waals surface area contributed by atoms with Crippen LogP contribution in [0.25, 0.3) is 10.9 Å². The fourth-order valence-electron chi connectivity index (χ4n) is 1.87. The molecule has 2 aromatic rings. The first kappa shape index (κ1) is 15.4. The molecule has 5 N–H and O–H groups in total. The largest absolute Gasteiger partial charge is 0.504 e. The molecule has 0 bridgehead atoms. The molecule has 1 heterocycles. The third-order valence-electron chi connectivity index (χ3n) is 2.82. The molecule has 0 aliphatic carbocycles. The summed E-state index contributed by atoms with van der Waals surface area (Å²) in [5, 5.41) is 28.1. The van der Waals surface area contributed by atoms with Crippen LogP contribution in [-0.4, -0.2) is 36.3 Å². The number of aryl methyl sites for hydroxylation is 2. The fourth-order valence-corrected chi connectivity index (χ4v) is 1.87. The Balaban J connectivity index is 0.00000200. The maximum atomic E-state index is 11.8. The lowest BCUT2D eigenvalue weighted by Gasteiger charge is -2.11. The third-order valence-corrected chi connectivity index (χ3v) is 2.82. The number of carboxylic acid groups (broad SMARTS) is 1. The number of nitrogens with zero attached hydrogens (tertiary/aromatic N) is 2. The summed E-state index contributed by atoms with van der Waals surface area (Å²) in [5.74, 6) is -1.73. The van der Waals surface area contributed by atoms with Gasteiger partial charge >= 0.3 is 11.7 Å². The number of carbonyl (C=O) groups is 1. The monoisotopic (exact) mass is 282 g/mol. The van der Waals surface area contributed by atoms with Crippen molar-refractivity contribution in [2.45, 2.75) is 19.9 Å². The first-order valence-electron chi connectivity index (χ1n) is 5.55. The Hall–Kier alpha value is -2.61. The lowest BCUT2D eigenvalue weighted by Crippen LogP contribution is -2.25. The maximum Gasteiger partial charge on any atom is 0.348 e. The second-order valence-corrected chi connectivity index (χ2v) is 4.13. The summed E-state index contributed by atoms with van der Waals surface area (Å²) >= 11 is 0. The normalized spacial score (nSPS) is 10.2. The van der Waals surface area contributed by atoms with Crippen LogP contribution in [0.3, 0.4) is 0 Å². The highest BCUT2D eigenvalue weighted by molar-refractivity contribution is 5.84. The Labute approximate surface area is 112 Å². The van der Waals surface area contributed by atoms with Crippen LogP contribution in [0.2, 0.25) is 0 Å². The molecule has 0 radical (unpaired) electrons. The molecule has 0 unspecified atom stereocenters. The molecule has 0 aliphatic heterocycles. The number of aromatic nitrogens is 2. The number of hydrogen-bond donors (Lipinski definition) is 3. The third kappa shape index (κ3) is 2.69. The van der Waals surface area contributed by atoms with E-state index in [0.29, 0.717) is 16.6 Å². The summed E-state index contributed by atoms with van der Waals surface area (Å²) in [7, 11) is 0. The van der Waals surface area contributed by atoms with Gasteiger partial charge in [0.05, 0.1) is 17.6 Å². The predicted octanol–water partition coefficient (Wildman–Crippen LogP) is -0.234. The standard InChI is InChI=1S/C12H12N2O5.H2O/c1-6-7-4-9(15)10(16)5-8(7)14(12(19)13-6)3-2-11(17)18;/h4-5,15-16H,2-3H2,1H3,(H,17,18);1H2. The zero-order valence-corrected chi connectivity index (χ0v) is 10.6. The molecule has 0 saturated heterocycles. The zero-order valence-electron chi connectivity index (χ0n) is 10.6. The van der Waals surface area contributed by atoms with Gasteiger partial charge in [-0.3, -0.25) is 9.36 Å². The second kappa shape index (κ2) is 5.57. The van der Waals surface area contributed by atoms with Gasteiger partial charge in [0, 0.05) is 18.0 Å². The van der Waals surface area contributed by atoms with E-state index in [4.69, 9.17) is 5.11 Å². The number of hydrogen-bond acceptors (Lipinski definition) is 5. The minimum Gasteiger partial charge on any atom is -0.504 e. The molecule has 20 heavy (non-hydrogen) atoms. The van der Waals surface area contributed by atoms with Crippen LogP contribution in [-0.2, 0) is 11.3 Å². The highest BCUT2D eigenvalue weighted by Crippen LogP contribution is 2.30. The van der Waals surface area contributed by atoms with E-state index in [1.807, 2.05) is 0 Å². The first-order valence-corrected chi connectivity index (χ1v) is 5.55. The van der Waals surface area contributed by atoms with E-state index in [-0.39, 0.29) is 29.9 Å². The van der Waals surface area contributed by atoms with Gasteiger partial charge in [0.15, 0.2) is 11.5 Å². The fraction of sp³-hybridized carbons (Fsp3) is 0.250. The van der Waals surface area contributed by atoms with Crippen molar-refractivity contribution in [3.8, 4) is 11.5 Å². The number of phenols is 2. The van der Waals surface area contributed by atoms with Gasteiger partial charge in [-0.05, 0) is 13.0 Å². The van der Waals surface area contributed by atoms with E-state index in [1.165, 1.54) is 12.1 Å². The van der Waals surface area contributed by atoms with Gasteiger partial charge < -0.3 is 20.8 Å². The summed E-state index contributed by atoms with van der Waals surface area (Å²) in [6.45, 7) is 1.55. The molecular weight excluding hydrogens is 268 g/mol. The van der Waals surface area contributed by atoms with Crippen molar-refractivity contribution in [3.63, 3.8) is 0 Å². The summed E-state index contributed by atoms with van der Waals surface area (Å²) in [6.07, 6.45) is -0.235. The van der Waals surface area contributed by atoms with Crippen molar-refractivity contribution in [3.05, 3.63) is 28.3 Å². The summed E-state index contributed by atoms with van der Waals surface area (Å²) in [5.41, 5.74) is 0.160. The number of benzene rings is 1. The van der Waals surface area contributed by atoms with Crippen molar-refractivity contribution in [2.75, 3.05) is 0 Å². The van der Waals surface area contributed by atoms with Crippen LogP contribution in [0.1, 0.15) is 12.1 Å². The molecule has 108 valence electrons. The Morgan fingerprint density at radius 2 is 1.90 bits per heavy atom. The van der Waals surface area contributed by atoms with E-state index in [1.54, 1.807) is 6.92 Å². The number of aliphatic carboxylic acids is 1. The average molecular weight is 282 g/mol. The first-order chi connectivity index (χ1) is 8.90. The van der Waals surface area contributed by atoms with Crippen LogP contribution in [0.15, 0.2) is 16.9 Å². The lowest BCUT2D eigenvalue weighted by molar-refractivity contribution is -0.137. The second-order valence-electron chi connectivity index (χ2n) is 4.13. The highest BCUT2D eigenvalue weighted by Gasteiger charge is 2.12. The zero-order chi connectivity index (χ0) is 14.2. The molecule has 8 heteroatoms. The van der Waals surface area contributed by atoms with E-state index < -0.39 is 11.7 Å². The van der Waals surface area contributed by atoms with E-state index in [9.17, 15) is 19.8 Å². The van der Waals surface area contributed by atoms with Gasteiger partial charge in [0.2, 0.25) is 0 Å². The molecule has 0 amide bonds. The van der Waals surface area contributed by atoms with Crippen LogP contribution in [0.5, 0.6) is 11.5 Å². The maximum absolute atomic E-state index is 11.8. The number of phenolic OH excluding ortho intramolecular Hbond substituents is 2. The van der Waals surface area contributed by atoms with Crippen molar-refractivity contribution in [1.29, 1.82) is 0 Å². The molecule has 0 saturated carbocycles. The predicted molar refractivity (Wildman–Crippen MR) is 69.9 cm³/mol. The van der Waals surface area contributed by atoms with Crippen molar-refractivity contribution in [1.82, 2.24) is 9.55 Å². The van der Waals surface area contributed by atoms with Crippen molar-refractivity contribution >= 4 is 16.9 Å². The van der Waals surface area contributed by atoms with Gasteiger partial charge in [0.1, 0.15) is 0 Å². The van der Waals surface area contributed by atoms with Gasteiger partial charge in [-0.15, -0.1) is 0 Å². The Kier molecular flexibility index (Phi) is 4.31. The number of fused-ring (bicyclic) bond motifs is 1. The molecule has 0 spiro atoms. The summed E-state index contributed by atoms with van der Waals surface area (Å²) in [6, 6.07) is 2.52. The minimum atomic E-state index is -1.04. The lowest BCUT2D eigenvalue weighted by atomic mass is 10.1. The summed E-state index contributed by atoms with van der Waals surface area (Å²) in [4.78, 5) is 26.1. The Morgan fingerprint density at radius 1 is 1.30 bits per heavy atom. The minimum absolute atomic E-state index is 0. The smallest absolute Gasteiger partial charge is 0.348 e. The van der Waals surface area contributed by atoms with Gasteiger partial charge in [-0.1, -0.05) is 0 Å². The molecule has 0 fully saturated rings. The highest BCUT2D eigenvalue weighted by atomic mass is 16.4.